The van der Waals surface area contributed by atoms with Crippen molar-refractivity contribution in [2.75, 3.05) is 31.8 Å². The molecule has 1 aliphatic rings. The molecule has 0 aromatic rings. The molecule has 0 bridgehead atoms. The van der Waals surface area contributed by atoms with E-state index < -0.39 is 0 Å². The van der Waals surface area contributed by atoms with Gasteiger partial charge in [-0.2, -0.15) is 11.8 Å². The summed E-state index contributed by atoms with van der Waals surface area (Å²) in [5.41, 5.74) is 0. The average molecular weight is 148 g/mol. The number of rotatable bonds is 2. The molecular formula is C6H12O2S. The Bertz CT molecular complexity index is 68.7. The van der Waals surface area contributed by atoms with Gasteiger partial charge >= 0.3 is 0 Å². The molecule has 0 aromatic carbocycles. The highest BCUT2D eigenvalue weighted by Crippen LogP contribution is 2.05. The van der Waals surface area contributed by atoms with Crippen LogP contribution in [0.5, 0.6) is 0 Å². The Kier molecular flexibility index (Phi) is 3.40. The van der Waals surface area contributed by atoms with E-state index in [2.05, 4.69) is 6.26 Å². The SMILES string of the molecule is CSCC1COCCO1. The first kappa shape index (κ1) is 7.38. The van der Waals surface area contributed by atoms with Crippen LogP contribution in [0.15, 0.2) is 0 Å². The van der Waals surface area contributed by atoms with Gasteiger partial charge in [0.1, 0.15) is 0 Å². The average Bonchev–Trinajstić information content (AvgIpc) is 1.91. The zero-order valence-corrected chi connectivity index (χ0v) is 6.45. The summed E-state index contributed by atoms with van der Waals surface area (Å²) in [6.07, 6.45) is 2.42. The van der Waals surface area contributed by atoms with Crippen molar-refractivity contribution in [3.63, 3.8) is 0 Å². The highest BCUT2D eigenvalue weighted by Gasteiger charge is 2.12. The van der Waals surface area contributed by atoms with Crippen molar-refractivity contribution in [3.8, 4) is 0 Å². The van der Waals surface area contributed by atoms with Gasteiger partial charge in [0, 0.05) is 5.75 Å². The summed E-state index contributed by atoms with van der Waals surface area (Å²) >= 11 is 1.80. The van der Waals surface area contributed by atoms with Gasteiger partial charge in [0.15, 0.2) is 0 Å². The van der Waals surface area contributed by atoms with Crippen molar-refractivity contribution in [1.82, 2.24) is 0 Å². The van der Waals surface area contributed by atoms with Crippen LogP contribution >= 0.6 is 11.8 Å². The fourth-order valence-electron chi connectivity index (χ4n) is 0.819. The van der Waals surface area contributed by atoms with Crippen molar-refractivity contribution < 1.29 is 9.47 Å². The standard InChI is InChI=1S/C6H12O2S/c1-9-5-6-4-7-2-3-8-6/h6H,2-5H2,1H3. The molecule has 54 valence electrons. The van der Waals surface area contributed by atoms with Gasteiger partial charge in [-0.15, -0.1) is 0 Å². The number of thioether (sulfide) groups is 1. The van der Waals surface area contributed by atoms with Gasteiger partial charge in [-0.1, -0.05) is 0 Å². The lowest BCUT2D eigenvalue weighted by Gasteiger charge is -2.21. The van der Waals surface area contributed by atoms with E-state index in [1.807, 2.05) is 0 Å². The topological polar surface area (TPSA) is 18.5 Å². The third-order valence-electron chi connectivity index (χ3n) is 1.24. The minimum atomic E-state index is 0.341. The Balaban J connectivity index is 2.08. The Morgan fingerprint density at radius 2 is 2.44 bits per heavy atom. The molecular weight excluding hydrogens is 136 g/mol. The van der Waals surface area contributed by atoms with Crippen LogP contribution in [-0.4, -0.2) is 37.9 Å². The largest absolute Gasteiger partial charge is 0.376 e. The van der Waals surface area contributed by atoms with Crippen LogP contribution in [0.1, 0.15) is 0 Å². The fraction of sp³-hybridized carbons (Fsp3) is 1.00. The summed E-state index contributed by atoms with van der Waals surface area (Å²) < 4.78 is 10.6. The molecule has 3 heteroatoms. The molecule has 9 heavy (non-hydrogen) atoms. The number of hydrogen-bond acceptors (Lipinski definition) is 3. The third-order valence-corrected chi connectivity index (χ3v) is 1.94. The highest BCUT2D eigenvalue weighted by atomic mass is 32.2. The molecule has 0 spiro atoms. The van der Waals surface area contributed by atoms with E-state index in [0.717, 1.165) is 25.6 Å². The molecule has 1 heterocycles. The van der Waals surface area contributed by atoms with Gasteiger partial charge in [0.05, 0.1) is 25.9 Å². The molecule has 0 radical (unpaired) electrons. The molecule has 0 N–H and O–H groups in total. The normalized spacial score (nSPS) is 28.3. The van der Waals surface area contributed by atoms with Crippen LogP contribution in [0.4, 0.5) is 0 Å². The maximum atomic E-state index is 5.37. The molecule has 0 amide bonds. The molecule has 1 saturated heterocycles. The second-order valence-corrected chi connectivity index (χ2v) is 2.93. The predicted octanol–water partition coefficient (Wildman–Crippen LogP) is 0.765. The molecule has 1 rings (SSSR count). The summed E-state index contributed by atoms with van der Waals surface area (Å²) in [7, 11) is 0. The Morgan fingerprint density at radius 1 is 1.56 bits per heavy atom. The maximum absolute atomic E-state index is 5.37. The summed E-state index contributed by atoms with van der Waals surface area (Å²) in [6.45, 7) is 2.32. The van der Waals surface area contributed by atoms with E-state index in [1.54, 1.807) is 11.8 Å². The first-order chi connectivity index (χ1) is 4.43. The zero-order chi connectivity index (χ0) is 6.53. The fourth-order valence-corrected chi connectivity index (χ4v) is 1.38. The van der Waals surface area contributed by atoms with Gasteiger partial charge in [-0.25, -0.2) is 0 Å². The van der Waals surface area contributed by atoms with Crippen LogP contribution in [0.3, 0.4) is 0 Å². The Morgan fingerprint density at radius 3 is 3.00 bits per heavy atom. The van der Waals surface area contributed by atoms with Crippen LogP contribution in [-0.2, 0) is 9.47 Å². The summed E-state index contributed by atoms with van der Waals surface area (Å²) in [6, 6.07) is 0. The minimum absolute atomic E-state index is 0.341. The molecule has 0 aromatic heterocycles. The minimum Gasteiger partial charge on any atom is -0.376 e. The summed E-state index contributed by atoms with van der Waals surface area (Å²) in [5.74, 6) is 1.06. The van der Waals surface area contributed by atoms with Crippen molar-refractivity contribution in [2.45, 2.75) is 6.10 Å². The molecule has 1 atom stereocenters. The number of ether oxygens (including phenoxy) is 2. The van der Waals surface area contributed by atoms with Crippen LogP contribution in [0.2, 0.25) is 0 Å². The Hall–Kier alpha value is 0.270. The molecule has 1 aliphatic heterocycles. The molecule has 1 unspecified atom stereocenters. The summed E-state index contributed by atoms with van der Waals surface area (Å²) in [4.78, 5) is 0. The molecule has 2 nitrogen and oxygen atoms in total. The molecule has 0 saturated carbocycles. The van der Waals surface area contributed by atoms with E-state index in [9.17, 15) is 0 Å². The van der Waals surface area contributed by atoms with Crippen LogP contribution < -0.4 is 0 Å². The summed E-state index contributed by atoms with van der Waals surface area (Å²) in [5, 5.41) is 0. The highest BCUT2D eigenvalue weighted by molar-refractivity contribution is 7.98. The molecule has 0 aliphatic carbocycles. The lowest BCUT2D eigenvalue weighted by Crippen LogP contribution is -2.30. The van der Waals surface area contributed by atoms with E-state index in [0.29, 0.717) is 6.10 Å². The van der Waals surface area contributed by atoms with Crippen molar-refractivity contribution in [3.05, 3.63) is 0 Å². The first-order valence-corrected chi connectivity index (χ1v) is 4.51. The van der Waals surface area contributed by atoms with Gasteiger partial charge < -0.3 is 9.47 Å². The van der Waals surface area contributed by atoms with Crippen molar-refractivity contribution in [1.29, 1.82) is 0 Å². The van der Waals surface area contributed by atoms with Crippen LogP contribution in [0.25, 0.3) is 0 Å². The van der Waals surface area contributed by atoms with E-state index in [-0.39, 0.29) is 0 Å². The lowest BCUT2D eigenvalue weighted by atomic mass is 10.4. The second-order valence-electron chi connectivity index (χ2n) is 2.02. The maximum Gasteiger partial charge on any atom is 0.0899 e. The third kappa shape index (κ3) is 2.56. The number of hydrogen-bond donors (Lipinski definition) is 0. The van der Waals surface area contributed by atoms with Crippen LogP contribution in [0, 0.1) is 0 Å². The smallest absolute Gasteiger partial charge is 0.0899 e. The Labute approximate surface area is 59.9 Å². The first-order valence-electron chi connectivity index (χ1n) is 3.12. The van der Waals surface area contributed by atoms with E-state index >= 15 is 0 Å². The van der Waals surface area contributed by atoms with Gasteiger partial charge in [-0.05, 0) is 6.26 Å². The second kappa shape index (κ2) is 4.14. The monoisotopic (exact) mass is 148 g/mol. The van der Waals surface area contributed by atoms with Crippen molar-refractivity contribution in [2.24, 2.45) is 0 Å². The van der Waals surface area contributed by atoms with Gasteiger partial charge in [-0.3, -0.25) is 0 Å². The van der Waals surface area contributed by atoms with Crippen molar-refractivity contribution >= 4 is 11.8 Å². The van der Waals surface area contributed by atoms with E-state index in [4.69, 9.17) is 9.47 Å². The lowest BCUT2D eigenvalue weighted by molar-refractivity contribution is -0.0776. The quantitative estimate of drug-likeness (QED) is 0.576. The zero-order valence-electron chi connectivity index (χ0n) is 5.63. The van der Waals surface area contributed by atoms with Gasteiger partial charge in [0.25, 0.3) is 0 Å². The van der Waals surface area contributed by atoms with E-state index in [1.165, 1.54) is 0 Å². The van der Waals surface area contributed by atoms with Gasteiger partial charge in [0.2, 0.25) is 0 Å². The molecule has 1 fully saturated rings. The predicted molar refractivity (Wildman–Crippen MR) is 38.9 cm³/mol.